The number of methoxy groups -OCH3 is 1. The molecule has 0 spiro atoms. The van der Waals surface area contributed by atoms with Gasteiger partial charge in [-0.1, -0.05) is 12.5 Å². The van der Waals surface area contributed by atoms with Gasteiger partial charge in [0, 0.05) is 6.42 Å². The highest BCUT2D eigenvalue weighted by atomic mass is 16.5. The van der Waals surface area contributed by atoms with Gasteiger partial charge in [-0.3, -0.25) is 0 Å². The Morgan fingerprint density at radius 1 is 1.17 bits per heavy atom. The third kappa shape index (κ3) is 1.40. The van der Waals surface area contributed by atoms with E-state index in [4.69, 9.17) is 4.74 Å². The standard InChI is InChI=1S/C11H17O/c1-7-6-11(12-5)10(4)9(3)8(7)2/h6-7H,1-5H3. The number of hydrogen-bond donors (Lipinski definition) is 0. The summed E-state index contributed by atoms with van der Waals surface area (Å²) in [6.07, 6.45) is 2.18. The van der Waals surface area contributed by atoms with E-state index in [2.05, 4.69) is 34.1 Å². The summed E-state index contributed by atoms with van der Waals surface area (Å²) in [7, 11) is 1.73. The van der Waals surface area contributed by atoms with Crippen LogP contribution in [-0.4, -0.2) is 7.11 Å². The average Bonchev–Trinajstić information content (AvgIpc) is 2.08. The first-order chi connectivity index (χ1) is 5.57. The van der Waals surface area contributed by atoms with Crippen LogP contribution in [0, 0.1) is 12.3 Å². The maximum Gasteiger partial charge on any atom is 0.103 e. The number of rotatable bonds is 1. The summed E-state index contributed by atoms with van der Waals surface area (Å²) in [5, 5.41) is 0. The molecule has 0 aromatic rings. The molecule has 1 rings (SSSR count). The van der Waals surface area contributed by atoms with E-state index in [-0.39, 0.29) is 0 Å². The second-order valence-corrected chi connectivity index (χ2v) is 3.46. The van der Waals surface area contributed by atoms with Crippen molar-refractivity contribution in [2.45, 2.75) is 27.7 Å². The third-order valence-corrected chi connectivity index (χ3v) is 2.83. The summed E-state index contributed by atoms with van der Waals surface area (Å²) >= 11 is 0. The van der Waals surface area contributed by atoms with E-state index in [1.165, 1.54) is 16.7 Å². The van der Waals surface area contributed by atoms with Crippen LogP contribution in [0.4, 0.5) is 0 Å². The zero-order chi connectivity index (χ0) is 9.30. The van der Waals surface area contributed by atoms with Crippen molar-refractivity contribution in [2.75, 3.05) is 7.11 Å². The second-order valence-electron chi connectivity index (χ2n) is 3.46. The van der Waals surface area contributed by atoms with Crippen LogP contribution in [0.1, 0.15) is 27.7 Å². The van der Waals surface area contributed by atoms with Crippen LogP contribution in [0.15, 0.2) is 22.5 Å². The molecule has 0 amide bonds. The molecule has 1 aliphatic carbocycles. The molecule has 1 atom stereocenters. The molecule has 67 valence electrons. The first-order valence-corrected chi connectivity index (χ1v) is 4.35. The van der Waals surface area contributed by atoms with Crippen molar-refractivity contribution >= 4 is 0 Å². The maximum absolute atomic E-state index is 5.28. The van der Waals surface area contributed by atoms with E-state index in [0.29, 0.717) is 5.92 Å². The summed E-state index contributed by atoms with van der Waals surface area (Å²) in [6, 6.07) is 0. The highest BCUT2D eigenvalue weighted by Gasteiger charge is 2.19. The molecule has 1 unspecified atom stereocenters. The Morgan fingerprint density at radius 2 is 1.75 bits per heavy atom. The van der Waals surface area contributed by atoms with Gasteiger partial charge in [-0.05, 0) is 37.8 Å². The lowest BCUT2D eigenvalue weighted by Gasteiger charge is -2.24. The second kappa shape index (κ2) is 3.34. The van der Waals surface area contributed by atoms with Crippen LogP contribution in [0.3, 0.4) is 0 Å². The van der Waals surface area contributed by atoms with Gasteiger partial charge < -0.3 is 4.74 Å². The minimum atomic E-state index is 0.517. The van der Waals surface area contributed by atoms with Gasteiger partial charge in [-0.15, -0.1) is 0 Å². The summed E-state index contributed by atoms with van der Waals surface area (Å²) < 4.78 is 5.28. The number of allylic oxidation sites excluding steroid dienone is 4. The van der Waals surface area contributed by atoms with E-state index in [1.54, 1.807) is 7.11 Å². The molecule has 0 bridgehead atoms. The topological polar surface area (TPSA) is 9.23 Å². The molecule has 0 saturated carbocycles. The molecule has 0 aliphatic heterocycles. The van der Waals surface area contributed by atoms with Crippen molar-refractivity contribution in [3.05, 3.63) is 28.9 Å². The summed E-state index contributed by atoms with van der Waals surface area (Å²) in [6.45, 7) is 8.66. The van der Waals surface area contributed by atoms with Crippen molar-refractivity contribution in [3.8, 4) is 0 Å². The maximum atomic E-state index is 5.28. The van der Waals surface area contributed by atoms with Crippen molar-refractivity contribution in [3.63, 3.8) is 0 Å². The molecule has 0 fully saturated rings. The van der Waals surface area contributed by atoms with E-state index < -0.39 is 0 Å². The molecule has 0 aromatic carbocycles. The summed E-state index contributed by atoms with van der Waals surface area (Å²) in [5.41, 5.74) is 4.10. The minimum absolute atomic E-state index is 0.517. The van der Waals surface area contributed by atoms with E-state index >= 15 is 0 Å². The van der Waals surface area contributed by atoms with Crippen LogP contribution in [0.25, 0.3) is 0 Å². The molecule has 0 aromatic heterocycles. The molecular formula is C11H17O. The predicted octanol–water partition coefficient (Wildman–Crippen LogP) is 3.10. The Balaban J connectivity index is 3.06. The molecule has 12 heavy (non-hydrogen) atoms. The Labute approximate surface area is 75.1 Å². The molecule has 1 aliphatic rings. The fourth-order valence-corrected chi connectivity index (χ4v) is 1.52. The van der Waals surface area contributed by atoms with E-state index in [1.807, 2.05) is 0 Å². The Hall–Kier alpha value is -0.720. The molecular weight excluding hydrogens is 148 g/mol. The summed E-state index contributed by atoms with van der Waals surface area (Å²) in [4.78, 5) is 0. The lowest BCUT2D eigenvalue weighted by Crippen LogP contribution is -2.11. The highest BCUT2D eigenvalue weighted by molar-refractivity contribution is 5.42. The van der Waals surface area contributed by atoms with Gasteiger partial charge in [0.1, 0.15) is 5.76 Å². The lowest BCUT2D eigenvalue weighted by molar-refractivity contribution is 0.287. The summed E-state index contributed by atoms with van der Waals surface area (Å²) in [5.74, 6) is 1.55. The fourth-order valence-electron chi connectivity index (χ4n) is 1.52. The largest absolute Gasteiger partial charge is 0.500 e. The Bertz CT molecular complexity index is 244. The van der Waals surface area contributed by atoms with Gasteiger partial charge in [0.05, 0.1) is 7.11 Å². The van der Waals surface area contributed by atoms with Crippen LogP contribution in [0.2, 0.25) is 0 Å². The molecule has 0 N–H and O–H groups in total. The minimum Gasteiger partial charge on any atom is -0.500 e. The van der Waals surface area contributed by atoms with Crippen molar-refractivity contribution in [2.24, 2.45) is 5.92 Å². The highest BCUT2D eigenvalue weighted by Crippen LogP contribution is 2.32. The molecule has 0 heterocycles. The predicted molar refractivity (Wildman–Crippen MR) is 51.5 cm³/mol. The number of ether oxygens (including phenoxy) is 1. The van der Waals surface area contributed by atoms with Gasteiger partial charge in [-0.25, -0.2) is 0 Å². The van der Waals surface area contributed by atoms with Gasteiger partial charge in [0.25, 0.3) is 0 Å². The fraction of sp³-hybridized carbons (Fsp3) is 0.545. The van der Waals surface area contributed by atoms with Crippen LogP contribution >= 0.6 is 0 Å². The van der Waals surface area contributed by atoms with Crippen molar-refractivity contribution in [1.82, 2.24) is 0 Å². The first kappa shape index (κ1) is 9.37. The molecule has 1 nitrogen and oxygen atoms in total. The van der Waals surface area contributed by atoms with Gasteiger partial charge in [0.2, 0.25) is 0 Å². The van der Waals surface area contributed by atoms with Gasteiger partial charge in [-0.2, -0.15) is 0 Å². The average molecular weight is 165 g/mol. The van der Waals surface area contributed by atoms with Crippen LogP contribution in [-0.2, 0) is 4.74 Å². The first-order valence-electron chi connectivity index (χ1n) is 4.35. The van der Waals surface area contributed by atoms with Crippen molar-refractivity contribution < 1.29 is 4.74 Å². The molecule has 1 heteroatoms. The third-order valence-electron chi connectivity index (χ3n) is 2.83. The zero-order valence-electron chi connectivity index (χ0n) is 8.56. The SMILES string of the molecule is COC1=C(C)C(C)=C(C)C(C)[CH]1. The van der Waals surface area contributed by atoms with Crippen LogP contribution in [0.5, 0.6) is 0 Å². The molecule has 0 saturated heterocycles. The molecule has 1 radical (unpaired) electrons. The quantitative estimate of drug-likeness (QED) is 0.580. The Morgan fingerprint density at radius 3 is 2.25 bits per heavy atom. The zero-order valence-corrected chi connectivity index (χ0v) is 8.56. The smallest absolute Gasteiger partial charge is 0.103 e. The van der Waals surface area contributed by atoms with Gasteiger partial charge >= 0.3 is 0 Å². The van der Waals surface area contributed by atoms with E-state index in [9.17, 15) is 0 Å². The Kier molecular flexibility index (Phi) is 2.61. The van der Waals surface area contributed by atoms with Crippen LogP contribution < -0.4 is 0 Å². The number of hydrogen-bond acceptors (Lipinski definition) is 1. The lowest BCUT2D eigenvalue weighted by atomic mass is 9.85. The van der Waals surface area contributed by atoms with E-state index in [0.717, 1.165) is 5.76 Å². The normalized spacial score (nSPS) is 24.9. The monoisotopic (exact) mass is 165 g/mol. The van der Waals surface area contributed by atoms with Gasteiger partial charge in [0.15, 0.2) is 0 Å². The van der Waals surface area contributed by atoms with Crippen molar-refractivity contribution in [1.29, 1.82) is 0 Å².